The molecule has 0 N–H and O–H groups in total. The molecule has 0 aromatic heterocycles. The van der Waals surface area contributed by atoms with Crippen molar-refractivity contribution in [3.05, 3.63) is 0 Å². The Labute approximate surface area is 124 Å². The Morgan fingerprint density at radius 2 is 1.70 bits per heavy atom. The smallest absolute Gasteiger partial charge is 0.227 e. The third-order valence-electron chi connectivity index (χ3n) is 4.61. The molecule has 0 aliphatic carbocycles. The summed E-state index contributed by atoms with van der Waals surface area (Å²) in [6.07, 6.45) is 1.04. The number of hydrogen-bond donors (Lipinski definition) is 0. The van der Waals surface area contributed by atoms with E-state index in [1.165, 1.54) is 0 Å². The zero-order valence-corrected chi connectivity index (χ0v) is 13.6. The molecule has 0 bridgehead atoms. The van der Waals surface area contributed by atoms with Crippen molar-refractivity contribution in [2.24, 2.45) is 11.8 Å². The topological polar surface area (TPSA) is 26.8 Å². The highest BCUT2D eigenvalue weighted by Gasteiger charge is 2.33. The maximum atomic E-state index is 12.6. The van der Waals surface area contributed by atoms with E-state index < -0.39 is 0 Å². The van der Waals surface area contributed by atoms with Gasteiger partial charge >= 0.3 is 0 Å². The van der Waals surface area contributed by atoms with Gasteiger partial charge in [-0.3, -0.25) is 9.69 Å². The molecule has 1 amide bonds. The first-order valence-electron chi connectivity index (χ1n) is 8.22. The zero-order chi connectivity index (χ0) is 14.7. The summed E-state index contributed by atoms with van der Waals surface area (Å²) in [4.78, 5) is 19.6. The van der Waals surface area contributed by atoms with Crippen molar-refractivity contribution in [3.63, 3.8) is 0 Å². The van der Waals surface area contributed by atoms with E-state index >= 15 is 0 Å². The first-order chi connectivity index (χ1) is 9.47. The van der Waals surface area contributed by atoms with E-state index in [9.17, 15) is 4.79 Å². The number of carbonyl (C=O) groups excluding carboxylic acids is 1. The van der Waals surface area contributed by atoms with Crippen LogP contribution in [-0.2, 0) is 4.79 Å². The Bertz CT molecular complexity index is 322. The lowest BCUT2D eigenvalue weighted by Crippen LogP contribution is -2.51. The van der Waals surface area contributed by atoms with Crippen LogP contribution in [0.1, 0.15) is 34.1 Å². The van der Waals surface area contributed by atoms with Gasteiger partial charge in [0.15, 0.2) is 0 Å². The number of nitrogens with zero attached hydrogens (tertiary/aromatic N) is 3. The van der Waals surface area contributed by atoms with Gasteiger partial charge in [-0.2, -0.15) is 0 Å². The van der Waals surface area contributed by atoms with Crippen molar-refractivity contribution >= 4 is 5.91 Å². The SMILES string of the molecule is CC(C)CN1CCN(C(=O)[C@H]2CCN(C(C)C)C2)CC1. The molecule has 2 aliphatic heterocycles. The van der Waals surface area contributed by atoms with E-state index in [-0.39, 0.29) is 5.92 Å². The second-order valence-electron chi connectivity index (χ2n) is 7.09. The molecule has 1 atom stereocenters. The van der Waals surface area contributed by atoms with Crippen molar-refractivity contribution in [1.29, 1.82) is 0 Å². The van der Waals surface area contributed by atoms with Crippen molar-refractivity contribution in [3.8, 4) is 0 Å². The highest BCUT2D eigenvalue weighted by atomic mass is 16.2. The Hall–Kier alpha value is -0.610. The summed E-state index contributed by atoms with van der Waals surface area (Å²) in [6, 6.07) is 0.565. The minimum absolute atomic E-state index is 0.244. The monoisotopic (exact) mass is 281 g/mol. The number of rotatable bonds is 4. The standard InChI is InChI=1S/C16H31N3O/c1-13(2)11-17-7-9-18(10-8-17)16(20)15-5-6-19(12-15)14(3)4/h13-15H,5-12H2,1-4H3/t15-/m0/s1. The first-order valence-corrected chi connectivity index (χ1v) is 8.22. The Kier molecular flexibility index (Phi) is 5.44. The maximum absolute atomic E-state index is 12.6. The number of likely N-dealkylation sites (tertiary alicyclic amines) is 1. The van der Waals surface area contributed by atoms with Crippen LogP contribution in [0.25, 0.3) is 0 Å². The summed E-state index contributed by atoms with van der Waals surface area (Å²) < 4.78 is 0. The van der Waals surface area contributed by atoms with E-state index in [1.54, 1.807) is 0 Å². The van der Waals surface area contributed by atoms with Gasteiger partial charge in [-0.15, -0.1) is 0 Å². The van der Waals surface area contributed by atoms with E-state index in [1.807, 2.05) is 0 Å². The number of piperazine rings is 1. The van der Waals surface area contributed by atoms with Crippen LogP contribution in [0.3, 0.4) is 0 Å². The molecular formula is C16H31N3O. The van der Waals surface area contributed by atoms with Crippen LogP contribution in [0, 0.1) is 11.8 Å². The van der Waals surface area contributed by atoms with E-state index in [0.717, 1.165) is 52.2 Å². The summed E-state index contributed by atoms with van der Waals surface area (Å²) in [5.41, 5.74) is 0. The molecule has 0 aromatic rings. The normalized spacial score (nSPS) is 25.9. The molecule has 4 nitrogen and oxygen atoms in total. The van der Waals surface area contributed by atoms with E-state index in [2.05, 4.69) is 42.4 Å². The van der Waals surface area contributed by atoms with Gasteiger partial charge in [-0.05, 0) is 32.7 Å². The number of amides is 1. The quantitative estimate of drug-likeness (QED) is 0.782. The predicted octanol–water partition coefficient (Wildman–Crippen LogP) is 1.52. The lowest BCUT2D eigenvalue weighted by Gasteiger charge is -2.36. The lowest BCUT2D eigenvalue weighted by atomic mass is 10.1. The summed E-state index contributed by atoms with van der Waals surface area (Å²) in [5, 5.41) is 0. The van der Waals surface area contributed by atoms with Crippen LogP contribution >= 0.6 is 0 Å². The summed E-state index contributed by atoms with van der Waals surface area (Å²) in [5.74, 6) is 1.36. The summed E-state index contributed by atoms with van der Waals surface area (Å²) in [7, 11) is 0. The minimum Gasteiger partial charge on any atom is -0.340 e. The highest BCUT2D eigenvalue weighted by Crippen LogP contribution is 2.21. The molecule has 116 valence electrons. The largest absolute Gasteiger partial charge is 0.340 e. The van der Waals surface area contributed by atoms with Crippen LogP contribution in [0.15, 0.2) is 0 Å². The molecule has 2 heterocycles. The van der Waals surface area contributed by atoms with Gasteiger partial charge in [0.1, 0.15) is 0 Å². The highest BCUT2D eigenvalue weighted by molar-refractivity contribution is 5.79. The summed E-state index contributed by atoms with van der Waals surface area (Å²) >= 11 is 0. The minimum atomic E-state index is 0.244. The van der Waals surface area contributed by atoms with Crippen LogP contribution in [0.4, 0.5) is 0 Å². The Balaban J connectivity index is 1.78. The van der Waals surface area contributed by atoms with E-state index in [4.69, 9.17) is 0 Å². The van der Waals surface area contributed by atoms with Gasteiger partial charge in [0.2, 0.25) is 5.91 Å². The molecule has 2 rings (SSSR count). The van der Waals surface area contributed by atoms with Crippen molar-refractivity contribution in [1.82, 2.24) is 14.7 Å². The van der Waals surface area contributed by atoms with Crippen molar-refractivity contribution in [2.45, 2.75) is 40.2 Å². The fourth-order valence-electron chi connectivity index (χ4n) is 3.38. The fourth-order valence-corrected chi connectivity index (χ4v) is 3.38. The average Bonchev–Trinajstić information content (AvgIpc) is 2.88. The predicted molar refractivity (Wildman–Crippen MR) is 82.7 cm³/mol. The molecule has 2 aliphatic rings. The number of carbonyl (C=O) groups is 1. The molecule has 2 fully saturated rings. The van der Waals surface area contributed by atoms with E-state index in [0.29, 0.717) is 17.9 Å². The summed E-state index contributed by atoms with van der Waals surface area (Å²) in [6.45, 7) is 16.1. The Morgan fingerprint density at radius 3 is 2.20 bits per heavy atom. The molecule has 0 saturated carbocycles. The third kappa shape index (κ3) is 3.95. The van der Waals surface area contributed by atoms with Crippen LogP contribution in [0.2, 0.25) is 0 Å². The van der Waals surface area contributed by atoms with Crippen molar-refractivity contribution in [2.75, 3.05) is 45.8 Å². The van der Waals surface area contributed by atoms with Crippen LogP contribution < -0.4 is 0 Å². The van der Waals surface area contributed by atoms with Crippen molar-refractivity contribution < 1.29 is 4.79 Å². The maximum Gasteiger partial charge on any atom is 0.227 e. The second kappa shape index (κ2) is 6.90. The molecule has 0 spiro atoms. The van der Waals surface area contributed by atoms with Crippen LogP contribution in [0.5, 0.6) is 0 Å². The van der Waals surface area contributed by atoms with Gasteiger partial charge in [-0.1, -0.05) is 13.8 Å². The molecule has 4 heteroatoms. The average molecular weight is 281 g/mol. The number of hydrogen-bond acceptors (Lipinski definition) is 3. The molecule has 0 unspecified atom stereocenters. The molecular weight excluding hydrogens is 250 g/mol. The van der Waals surface area contributed by atoms with Crippen LogP contribution in [-0.4, -0.2) is 72.5 Å². The Morgan fingerprint density at radius 1 is 1.05 bits per heavy atom. The van der Waals surface area contributed by atoms with Gasteiger partial charge in [0.05, 0.1) is 5.92 Å². The molecule has 2 saturated heterocycles. The molecule has 0 radical (unpaired) electrons. The molecule has 0 aromatic carbocycles. The van der Waals surface area contributed by atoms with Gasteiger partial charge in [-0.25, -0.2) is 0 Å². The van der Waals surface area contributed by atoms with Gasteiger partial charge < -0.3 is 9.80 Å². The first kappa shape index (κ1) is 15.8. The van der Waals surface area contributed by atoms with Gasteiger partial charge in [0, 0.05) is 45.3 Å². The third-order valence-corrected chi connectivity index (χ3v) is 4.61. The molecule has 20 heavy (non-hydrogen) atoms. The lowest BCUT2D eigenvalue weighted by molar-refractivity contribution is -0.137. The second-order valence-corrected chi connectivity index (χ2v) is 7.09. The fraction of sp³-hybridized carbons (Fsp3) is 0.938. The van der Waals surface area contributed by atoms with Gasteiger partial charge in [0.25, 0.3) is 0 Å². The zero-order valence-electron chi connectivity index (χ0n) is 13.6.